The van der Waals surface area contributed by atoms with Crippen molar-refractivity contribution in [2.45, 2.75) is 32.2 Å². The Morgan fingerprint density at radius 1 is 1.43 bits per heavy atom. The van der Waals surface area contributed by atoms with Crippen LogP contribution in [-0.2, 0) is 6.42 Å². The summed E-state index contributed by atoms with van der Waals surface area (Å²) in [6, 6.07) is 8.15. The highest BCUT2D eigenvalue weighted by Gasteiger charge is 2.23. The molecule has 3 nitrogen and oxygen atoms in total. The van der Waals surface area contributed by atoms with E-state index < -0.39 is 0 Å². The zero-order chi connectivity index (χ0) is 15.0. The fourth-order valence-corrected chi connectivity index (χ4v) is 4.66. The van der Waals surface area contributed by atoms with Crippen molar-refractivity contribution in [1.82, 2.24) is 0 Å². The Morgan fingerprint density at radius 3 is 2.95 bits per heavy atom. The number of fused-ring (bicyclic) bond motifs is 1. The first kappa shape index (κ1) is 14.6. The number of halogens is 1. The summed E-state index contributed by atoms with van der Waals surface area (Å²) in [5, 5.41) is 3.62. The summed E-state index contributed by atoms with van der Waals surface area (Å²) in [5.41, 5.74) is 9.39. The topological polar surface area (TPSA) is 55.1 Å². The molecule has 0 bridgehead atoms. The Labute approximate surface area is 136 Å². The number of hydrogen-bond donors (Lipinski definition) is 2. The molecule has 1 aromatic heterocycles. The molecule has 0 spiro atoms. The van der Waals surface area contributed by atoms with E-state index in [0.29, 0.717) is 11.6 Å². The van der Waals surface area contributed by atoms with Crippen molar-refractivity contribution >= 4 is 38.9 Å². The first-order valence-corrected chi connectivity index (χ1v) is 8.60. The molecule has 3 N–H and O–H groups in total. The van der Waals surface area contributed by atoms with Gasteiger partial charge in [-0.3, -0.25) is 4.79 Å². The van der Waals surface area contributed by atoms with E-state index in [2.05, 4.69) is 27.3 Å². The molecule has 0 aliphatic heterocycles. The van der Waals surface area contributed by atoms with Crippen LogP contribution in [0.2, 0.25) is 0 Å². The smallest absolute Gasteiger partial charge is 0.248 e. The monoisotopic (exact) mass is 364 g/mol. The number of benzene rings is 1. The number of carbonyl (C=O) groups excluding carboxylic acids is 1. The molecule has 1 aliphatic carbocycles. The van der Waals surface area contributed by atoms with Gasteiger partial charge in [-0.2, -0.15) is 0 Å². The van der Waals surface area contributed by atoms with Crippen LogP contribution in [0.15, 0.2) is 28.1 Å². The number of aryl methyl sites for hydroxylation is 2. The molecular formula is C16H17BrN2OS. The van der Waals surface area contributed by atoms with Gasteiger partial charge in [-0.15, -0.1) is 11.3 Å². The fraction of sp³-hybridized carbons (Fsp3) is 0.312. The van der Waals surface area contributed by atoms with E-state index >= 15 is 0 Å². The Morgan fingerprint density at radius 2 is 2.24 bits per heavy atom. The number of hydrogen-bond acceptors (Lipinski definition) is 3. The van der Waals surface area contributed by atoms with Crippen LogP contribution >= 0.6 is 27.3 Å². The Kier molecular flexibility index (Phi) is 4.04. The average Bonchev–Trinajstić information content (AvgIpc) is 2.82. The Hall–Kier alpha value is -1.33. The van der Waals surface area contributed by atoms with Crippen LogP contribution in [0.25, 0.3) is 0 Å². The minimum Gasteiger partial charge on any atom is -0.378 e. The third-order valence-corrected chi connectivity index (χ3v) is 5.64. The molecule has 1 aliphatic rings. The SMILES string of the molecule is Cc1cc(C(N)=O)ccc1NC1CCCc2sc(Br)cc21. The van der Waals surface area contributed by atoms with Crippen LogP contribution in [0, 0.1) is 6.92 Å². The van der Waals surface area contributed by atoms with E-state index in [4.69, 9.17) is 5.73 Å². The van der Waals surface area contributed by atoms with Gasteiger partial charge in [-0.05, 0) is 77.5 Å². The number of anilines is 1. The predicted octanol–water partition coefficient (Wildman–Crippen LogP) is 4.41. The molecule has 1 atom stereocenters. The highest BCUT2D eigenvalue weighted by molar-refractivity contribution is 9.11. The quantitative estimate of drug-likeness (QED) is 0.847. The molecule has 0 fully saturated rings. The van der Waals surface area contributed by atoms with Gasteiger partial charge in [0.2, 0.25) is 5.91 Å². The van der Waals surface area contributed by atoms with Crippen LogP contribution in [-0.4, -0.2) is 5.91 Å². The fourth-order valence-electron chi connectivity index (χ4n) is 2.84. The highest BCUT2D eigenvalue weighted by atomic mass is 79.9. The second-order valence-electron chi connectivity index (χ2n) is 5.41. The average molecular weight is 365 g/mol. The van der Waals surface area contributed by atoms with Crippen molar-refractivity contribution in [1.29, 1.82) is 0 Å². The number of nitrogens with one attached hydrogen (secondary N) is 1. The van der Waals surface area contributed by atoms with Crippen LogP contribution in [0.1, 0.15) is 45.2 Å². The second kappa shape index (κ2) is 5.81. The predicted molar refractivity (Wildman–Crippen MR) is 91.0 cm³/mol. The summed E-state index contributed by atoms with van der Waals surface area (Å²) >= 11 is 5.42. The summed E-state index contributed by atoms with van der Waals surface area (Å²) in [4.78, 5) is 12.7. The standard InChI is InChI=1S/C16H17BrN2OS/c1-9-7-10(16(18)20)5-6-12(9)19-13-3-2-4-14-11(13)8-15(17)21-14/h5-8,13,19H,2-4H2,1H3,(H2,18,20). The van der Waals surface area contributed by atoms with E-state index in [1.165, 1.54) is 27.1 Å². The minimum absolute atomic E-state index is 0.342. The summed E-state index contributed by atoms with van der Waals surface area (Å²) < 4.78 is 1.20. The number of rotatable bonds is 3. The van der Waals surface area contributed by atoms with Gasteiger partial charge >= 0.3 is 0 Å². The molecule has 0 radical (unpaired) electrons. The molecule has 0 saturated carbocycles. The van der Waals surface area contributed by atoms with Crippen molar-refractivity contribution in [3.05, 3.63) is 49.6 Å². The molecule has 1 unspecified atom stereocenters. The molecule has 3 rings (SSSR count). The molecule has 1 aromatic carbocycles. The molecule has 1 amide bonds. The Balaban J connectivity index is 1.86. The van der Waals surface area contributed by atoms with Gasteiger partial charge in [0.15, 0.2) is 0 Å². The van der Waals surface area contributed by atoms with Crippen molar-refractivity contribution < 1.29 is 4.79 Å². The third-order valence-electron chi connectivity index (χ3n) is 3.92. The third kappa shape index (κ3) is 2.99. The lowest BCUT2D eigenvalue weighted by atomic mass is 9.93. The van der Waals surface area contributed by atoms with Crippen LogP contribution < -0.4 is 11.1 Å². The lowest BCUT2D eigenvalue weighted by molar-refractivity contribution is 0.1000. The number of thiophene rings is 1. The molecule has 110 valence electrons. The van der Waals surface area contributed by atoms with E-state index in [-0.39, 0.29) is 5.91 Å². The van der Waals surface area contributed by atoms with Crippen LogP contribution in [0.4, 0.5) is 5.69 Å². The molecule has 21 heavy (non-hydrogen) atoms. The maximum Gasteiger partial charge on any atom is 0.248 e. The van der Waals surface area contributed by atoms with Gasteiger partial charge in [0.05, 0.1) is 9.83 Å². The number of nitrogens with two attached hydrogens (primary N) is 1. The van der Waals surface area contributed by atoms with Gasteiger partial charge < -0.3 is 11.1 Å². The van der Waals surface area contributed by atoms with Gasteiger partial charge in [0.25, 0.3) is 0 Å². The molecule has 1 heterocycles. The Bertz CT molecular complexity index is 696. The normalized spacial score (nSPS) is 17.3. The molecule has 5 heteroatoms. The lowest BCUT2D eigenvalue weighted by Crippen LogP contribution is -2.17. The van der Waals surface area contributed by atoms with Gasteiger partial charge in [0.1, 0.15) is 0 Å². The maximum atomic E-state index is 11.2. The second-order valence-corrected chi connectivity index (χ2v) is 7.93. The summed E-state index contributed by atoms with van der Waals surface area (Å²) in [6.45, 7) is 2.00. The van der Waals surface area contributed by atoms with E-state index in [1.54, 1.807) is 6.07 Å². The number of carbonyl (C=O) groups is 1. The van der Waals surface area contributed by atoms with Gasteiger partial charge in [-0.25, -0.2) is 0 Å². The van der Waals surface area contributed by atoms with Crippen molar-refractivity contribution in [3.63, 3.8) is 0 Å². The number of amides is 1. The van der Waals surface area contributed by atoms with E-state index in [9.17, 15) is 4.79 Å². The van der Waals surface area contributed by atoms with E-state index in [0.717, 1.165) is 17.7 Å². The first-order valence-electron chi connectivity index (χ1n) is 6.99. The van der Waals surface area contributed by atoms with Gasteiger partial charge in [-0.1, -0.05) is 0 Å². The van der Waals surface area contributed by atoms with Crippen molar-refractivity contribution in [2.24, 2.45) is 5.73 Å². The first-order chi connectivity index (χ1) is 10.0. The van der Waals surface area contributed by atoms with E-state index in [1.807, 2.05) is 30.4 Å². The van der Waals surface area contributed by atoms with Crippen LogP contribution in [0.3, 0.4) is 0 Å². The molecular weight excluding hydrogens is 348 g/mol. The van der Waals surface area contributed by atoms with Crippen LogP contribution in [0.5, 0.6) is 0 Å². The largest absolute Gasteiger partial charge is 0.378 e. The lowest BCUT2D eigenvalue weighted by Gasteiger charge is -2.25. The summed E-state index contributed by atoms with van der Waals surface area (Å²) in [7, 11) is 0. The summed E-state index contributed by atoms with van der Waals surface area (Å²) in [6.07, 6.45) is 3.51. The maximum absolute atomic E-state index is 11.2. The van der Waals surface area contributed by atoms with Gasteiger partial charge in [0, 0.05) is 16.1 Å². The highest BCUT2D eigenvalue weighted by Crippen LogP contribution is 2.39. The molecule has 2 aromatic rings. The number of primary amides is 1. The van der Waals surface area contributed by atoms with Crippen molar-refractivity contribution in [3.8, 4) is 0 Å². The van der Waals surface area contributed by atoms with Crippen molar-refractivity contribution in [2.75, 3.05) is 5.32 Å². The zero-order valence-electron chi connectivity index (χ0n) is 11.8. The minimum atomic E-state index is -0.383. The molecule has 0 saturated heterocycles. The summed E-state index contributed by atoms with van der Waals surface area (Å²) in [5.74, 6) is -0.383. The zero-order valence-corrected chi connectivity index (χ0v) is 14.2.